The van der Waals surface area contributed by atoms with Crippen LogP contribution in [0.2, 0.25) is 0 Å². The van der Waals surface area contributed by atoms with Crippen molar-refractivity contribution in [1.82, 2.24) is 0 Å². The summed E-state index contributed by atoms with van der Waals surface area (Å²) in [5.74, 6) is 0.950. The number of ketones is 1. The number of ether oxygens (including phenoxy) is 1. The molecule has 0 aromatic carbocycles. The summed E-state index contributed by atoms with van der Waals surface area (Å²) < 4.78 is 4.64. The summed E-state index contributed by atoms with van der Waals surface area (Å²) in [4.78, 5) is 23.2. The van der Waals surface area contributed by atoms with E-state index < -0.39 is 0 Å². The topological polar surface area (TPSA) is 63.6 Å². The Hall–Kier alpha value is -1.16. The Kier molecular flexibility index (Phi) is 12.3. The fourth-order valence-corrected chi connectivity index (χ4v) is 3.63. The van der Waals surface area contributed by atoms with Crippen LogP contribution >= 0.6 is 0 Å². The lowest BCUT2D eigenvalue weighted by molar-refractivity contribution is -0.140. The molecule has 4 heteroatoms. The van der Waals surface area contributed by atoms with Gasteiger partial charge < -0.3 is 9.84 Å². The molecular formula is C21H36O4. The molecule has 0 amide bonds. The van der Waals surface area contributed by atoms with Gasteiger partial charge >= 0.3 is 5.97 Å². The first-order valence-electron chi connectivity index (χ1n) is 10.1. The van der Waals surface area contributed by atoms with Gasteiger partial charge in [0.1, 0.15) is 5.78 Å². The number of Topliss-reactive ketones (excluding diaryl/α,β-unsaturated/α-hetero) is 1. The third-order valence-electron chi connectivity index (χ3n) is 5.19. The van der Waals surface area contributed by atoms with Crippen LogP contribution in [0.4, 0.5) is 0 Å². The van der Waals surface area contributed by atoms with Crippen LogP contribution in [0, 0.1) is 11.8 Å². The van der Waals surface area contributed by atoms with Crippen molar-refractivity contribution in [2.24, 2.45) is 11.8 Å². The lowest BCUT2D eigenvalue weighted by atomic mass is 9.89. The summed E-state index contributed by atoms with van der Waals surface area (Å²) in [6.45, 7) is 0.296. The Morgan fingerprint density at radius 1 is 1.12 bits per heavy atom. The number of unbranched alkanes of at least 4 members (excludes halogenated alkanes) is 7. The number of carbonyl (C=O) groups is 2. The molecule has 0 aliphatic heterocycles. The van der Waals surface area contributed by atoms with Gasteiger partial charge in [-0.1, -0.05) is 44.3 Å². The first-order valence-corrected chi connectivity index (χ1v) is 10.1. The van der Waals surface area contributed by atoms with Crippen LogP contribution < -0.4 is 0 Å². The summed E-state index contributed by atoms with van der Waals surface area (Å²) in [7, 11) is 1.43. The zero-order valence-electron chi connectivity index (χ0n) is 15.9. The minimum Gasteiger partial charge on any atom is -0.469 e. The zero-order chi connectivity index (χ0) is 18.3. The van der Waals surface area contributed by atoms with E-state index in [1.54, 1.807) is 0 Å². The summed E-state index contributed by atoms with van der Waals surface area (Å²) in [5, 5.41) is 8.75. The predicted octanol–water partition coefficient (Wildman–Crippen LogP) is 4.59. The second kappa shape index (κ2) is 14.1. The predicted molar refractivity (Wildman–Crippen MR) is 100 cm³/mol. The zero-order valence-corrected chi connectivity index (χ0v) is 15.9. The molecule has 0 bridgehead atoms. The molecule has 1 aliphatic rings. The van der Waals surface area contributed by atoms with Crippen LogP contribution in [0.5, 0.6) is 0 Å². The second-order valence-corrected chi connectivity index (χ2v) is 7.16. The average molecular weight is 353 g/mol. The highest BCUT2D eigenvalue weighted by atomic mass is 16.5. The van der Waals surface area contributed by atoms with Crippen molar-refractivity contribution in [3.05, 3.63) is 12.2 Å². The van der Waals surface area contributed by atoms with Gasteiger partial charge in [-0.25, -0.2) is 0 Å². The number of hydrogen-bond acceptors (Lipinski definition) is 4. The monoisotopic (exact) mass is 352 g/mol. The second-order valence-electron chi connectivity index (χ2n) is 7.16. The Bertz CT molecular complexity index is 403. The maximum Gasteiger partial charge on any atom is 0.305 e. The number of carbonyl (C=O) groups excluding carboxylic acids is 2. The molecule has 1 fully saturated rings. The molecule has 1 N–H and O–H groups in total. The third-order valence-corrected chi connectivity index (χ3v) is 5.19. The quantitative estimate of drug-likeness (QED) is 0.282. The van der Waals surface area contributed by atoms with Gasteiger partial charge in [-0.3, -0.25) is 9.59 Å². The lowest BCUT2D eigenvalue weighted by Gasteiger charge is -2.14. The summed E-state index contributed by atoms with van der Waals surface area (Å²) in [6, 6.07) is 0. The maximum absolute atomic E-state index is 12.1. The molecule has 2 atom stereocenters. The molecule has 1 rings (SSSR count). The number of rotatable bonds is 14. The van der Waals surface area contributed by atoms with Crippen LogP contribution in [0.15, 0.2) is 12.2 Å². The van der Waals surface area contributed by atoms with Crippen molar-refractivity contribution in [3.63, 3.8) is 0 Å². The standard InChI is InChI=1S/C21H36O4/c1-25-21(24)14-10-6-5-9-13-19-18(15-16-20(19)23)12-8-4-2-3-7-11-17-22/h8,12,18-19,22H,2-7,9-11,13-17H2,1H3/t18-,19-/m1/s1. The van der Waals surface area contributed by atoms with Crippen molar-refractivity contribution in [3.8, 4) is 0 Å². The van der Waals surface area contributed by atoms with Crippen LogP contribution in [0.1, 0.15) is 83.5 Å². The van der Waals surface area contributed by atoms with E-state index in [4.69, 9.17) is 5.11 Å². The first-order chi connectivity index (χ1) is 12.2. The van der Waals surface area contributed by atoms with E-state index in [1.165, 1.54) is 20.0 Å². The minimum absolute atomic E-state index is 0.132. The van der Waals surface area contributed by atoms with Crippen molar-refractivity contribution >= 4 is 11.8 Å². The van der Waals surface area contributed by atoms with E-state index >= 15 is 0 Å². The Labute approximate surface area is 153 Å². The van der Waals surface area contributed by atoms with Crippen molar-refractivity contribution in [2.45, 2.75) is 83.5 Å². The Morgan fingerprint density at radius 2 is 1.84 bits per heavy atom. The molecular weight excluding hydrogens is 316 g/mol. The molecule has 1 saturated carbocycles. The van der Waals surface area contributed by atoms with E-state index in [2.05, 4.69) is 16.9 Å². The molecule has 4 nitrogen and oxygen atoms in total. The highest BCUT2D eigenvalue weighted by Gasteiger charge is 2.31. The van der Waals surface area contributed by atoms with E-state index in [1.807, 2.05) is 0 Å². The van der Waals surface area contributed by atoms with Crippen molar-refractivity contribution in [2.75, 3.05) is 13.7 Å². The van der Waals surface area contributed by atoms with Crippen LogP contribution in [-0.2, 0) is 14.3 Å². The van der Waals surface area contributed by atoms with Crippen molar-refractivity contribution < 1.29 is 19.4 Å². The van der Waals surface area contributed by atoms with Gasteiger partial charge in [0.2, 0.25) is 0 Å². The molecule has 0 spiro atoms. The van der Waals surface area contributed by atoms with Crippen LogP contribution in [0.3, 0.4) is 0 Å². The number of aliphatic hydroxyl groups excluding tert-OH is 1. The van der Waals surface area contributed by atoms with Gasteiger partial charge in [-0.15, -0.1) is 0 Å². The van der Waals surface area contributed by atoms with E-state index in [-0.39, 0.29) is 11.9 Å². The van der Waals surface area contributed by atoms with Crippen LogP contribution in [-0.4, -0.2) is 30.6 Å². The smallest absolute Gasteiger partial charge is 0.305 e. The SMILES string of the molecule is COC(=O)CCCCCC[C@H]1C(=O)CC[C@H]1C=CCCCCCCO. The lowest BCUT2D eigenvalue weighted by Crippen LogP contribution is -2.13. The molecule has 0 aromatic rings. The molecule has 1 aliphatic carbocycles. The van der Waals surface area contributed by atoms with Gasteiger partial charge in [0.15, 0.2) is 0 Å². The molecule has 0 radical (unpaired) electrons. The molecule has 0 heterocycles. The van der Waals surface area contributed by atoms with E-state index in [9.17, 15) is 9.59 Å². The number of allylic oxidation sites excluding steroid dienone is 2. The Balaban J connectivity index is 2.16. The summed E-state index contributed by atoms with van der Waals surface area (Å²) in [5.41, 5.74) is 0. The van der Waals surface area contributed by atoms with Crippen molar-refractivity contribution in [1.29, 1.82) is 0 Å². The Morgan fingerprint density at radius 3 is 2.60 bits per heavy atom. The summed E-state index contributed by atoms with van der Waals surface area (Å²) in [6.07, 6.45) is 17.3. The van der Waals surface area contributed by atoms with Crippen LogP contribution in [0.25, 0.3) is 0 Å². The molecule has 0 unspecified atom stereocenters. The fourth-order valence-electron chi connectivity index (χ4n) is 3.63. The highest BCUT2D eigenvalue weighted by molar-refractivity contribution is 5.83. The fraction of sp³-hybridized carbons (Fsp3) is 0.810. The van der Waals surface area contributed by atoms with Gasteiger partial charge in [0.05, 0.1) is 7.11 Å². The minimum atomic E-state index is -0.132. The van der Waals surface area contributed by atoms with Gasteiger partial charge in [0, 0.05) is 25.4 Å². The number of esters is 1. The van der Waals surface area contributed by atoms with E-state index in [0.717, 1.165) is 64.2 Å². The molecule has 0 aromatic heterocycles. The number of hydrogen-bond donors (Lipinski definition) is 1. The largest absolute Gasteiger partial charge is 0.469 e. The third kappa shape index (κ3) is 9.78. The van der Waals surface area contributed by atoms with Gasteiger partial charge in [-0.05, 0) is 44.4 Å². The first kappa shape index (κ1) is 21.9. The molecule has 0 saturated heterocycles. The number of methoxy groups -OCH3 is 1. The maximum atomic E-state index is 12.1. The number of aliphatic hydroxyl groups is 1. The van der Waals surface area contributed by atoms with Gasteiger partial charge in [-0.2, -0.15) is 0 Å². The van der Waals surface area contributed by atoms with Gasteiger partial charge in [0.25, 0.3) is 0 Å². The summed E-state index contributed by atoms with van der Waals surface area (Å²) >= 11 is 0. The van der Waals surface area contributed by atoms with E-state index in [0.29, 0.717) is 24.7 Å². The highest BCUT2D eigenvalue weighted by Crippen LogP contribution is 2.34. The molecule has 144 valence electrons. The molecule has 25 heavy (non-hydrogen) atoms. The normalized spacial score (nSPS) is 20.5. The average Bonchev–Trinajstić information content (AvgIpc) is 2.97.